The van der Waals surface area contributed by atoms with Gasteiger partial charge in [0.25, 0.3) is 0 Å². The number of aromatic nitrogens is 4. The van der Waals surface area contributed by atoms with E-state index >= 15 is 0 Å². The van der Waals surface area contributed by atoms with Crippen LogP contribution in [-0.2, 0) is 0 Å². The average Bonchev–Trinajstić information content (AvgIpc) is 3.56. The Kier molecular flexibility index (Phi) is 5.63. The standard InChI is InChI=1S/C22H23ClN10/c1-2-16-12-26-5-6-32(16)18-8-13(9-24)7-17(19(18)23)29-21-30-20-14(10-25)11-27-33(20)22(31-21)28-15-3-4-15/h7-8,11,15-16,26H,2-6,12H2,1H3,(H2,28,29,30,31)/t16-/m0/s1. The highest BCUT2D eigenvalue weighted by Gasteiger charge is 2.26. The third-order valence-corrected chi connectivity index (χ3v) is 6.36. The number of rotatable bonds is 6. The molecule has 2 aliphatic rings. The summed E-state index contributed by atoms with van der Waals surface area (Å²) in [6.07, 6.45) is 4.55. The highest BCUT2D eigenvalue weighted by molar-refractivity contribution is 6.36. The van der Waals surface area contributed by atoms with Gasteiger partial charge in [0.05, 0.1) is 34.2 Å². The summed E-state index contributed by atoms with van der Waals surface area (Å²) in [5.74, 6) is 0.783. The van der Waals surface area contributed by atoms with Gasteiger partial charge in [-0.2, -0.15) is 30.1 Å². The Morgan fingerprint density at radius 1 is 1.24 bits per heavy atom. The quantitative estimate of drug-likeness (QED) is 0.505. The molecule has 3 heterocycles. The van der Waals surface area contributed by atoms with Gasteiger partial charge in [-0.15, -0.1) is 0 Å². The molecular weight excluding hydrogens is 440 g/mol. The summed E-state index contributed by atoms with van der Waals surface area (Å²) in [5.41, 5.74) is 2.59. The van der Waals surface area contributed by atoms with Crippen LogP contribution in [0, 0.1) is 22.7 Å². The molecule has 0 spiro atoms. The first-order valence-corrected chi connectivity index (χ1v) is 11.4. The average molecular weight is 463 g/mol. The first-order chi connectivity index (χ1) is 16.1. The van der Waals surface area contributed by atoms with Crippen LogP contribution in [0.5, 0.6) is 0 Å². The van der Waals surface area contributed by atoms with Crippen LogP contribution in [0.3, 0.4) is 0 Å². The maximum absolute atomic E-state index is 9.66. The zero-order valence-corrected chi connectivity index (χ0v) is 18.9. The molecule has 3 aromatic rings. The van der Waals surface area contributed by atoms with E-state index in [0.717, 1.165) is 44.6 Å². The van der Waals surface area contributed by atoms with Crippen molar-refractivity contribution in [3.05, 3.63) is 34.5 Å². The minimum atomic E-state index is 0.276. The van der Waals surface area contributed by atoms with Crippen LogP contribution in [0.1, 0.15) is 37.3 Å². The van der Waals surface area contributed by atoms with E-state index in [1.807, 2.05) is 6.07 Å². The topological polar surface area (TPSA) is 130 Å². The Morgan fingerprint density at radius 3 is 2.82 bits per heavy atom. The van der Waals surface area contributed by atoms with Gasteiger partial charge in [0, 0.05) is 31.7 Å². The van der Waals surface area contributed by atoms with Crippen LogP contribution in [0.15, 0.2) is 18.3 Å². The van der Waals surface area contributed by atoms with Gasteiger partial charge in [0.1, 0.15) is 11.6 Å². The zero-order chi connectivity index (χ0) is 22.9. The van der Waals surface area contributed by atoms with Gasteiger partial charge in [-0.05, 0) is 31.4 Å². The number of piperazine rings is 1. The highest BCUT2D eigenvalue weighted by Crippen LogP contribution is 2.37. The summed E-state index contributed by atoms with van der Waals surface area (Å²) in [6.45, 7) is 4.65. The second-order valence-corrected chi connectivity index (χ2v) is 8.63. The van der Waals surface area contributed by atoms with E-state index in [4.69, 9.17) is 11.6 Å². The number of benzene rings is 1. The Balaban J connectivity index is 1.56. The monoisotopic (exact) mass is 462 g/mol. The van der Waals surface area contributed by atoms with Crippen LogP contribution in [0.25, 0.3) is 5.65 Å². The van der Waals surface area contributed by atoms with Crippen molar-refractivity contribution in [2.75, 3.05) is 35.2 Å². The summed E-state index contributed by atoms with van der Waals surface area (Å²) >= 11 is 6.86. The molecular formula is C22H23ClN10. The lowest BCUT2D eigenvalue weighted by Gasteiger charge is -2.38. The molecule has 168 valence electrons. The first-order valence-electron chi connectivity index (χ1n) is 11.0. The summed E-state index contributed by atoms with van der Waals surface area (Å²) < 4.78 is 1.54. The SMILES string of the molecule is CC[C@H]1CNCCN1c1cc(C#N)cc(Nc2nc(NC3CC3)n3ncc(C#N)c3n2)c1Cl. The molecule has 1 aromatic carbocycles. The largest absolute Gasteiger partial charge is 0.365 e. The van der Waals surface area contributed by atoms with Crippen LogP contribution < -0.4 is 20.9 Å². The van der Waals surface area contributed by atoms with E-state index in [2.05, 4.69) is 55.0 Å². The Morgan fingerprint density at radius 2 is 2.09 bits per heavy atom. The molecule has 5 rings (SSSR count). The predicted octanol–water partition coefficient (Wildman–Crippen LogP) is 3.03. The molecule has 1 atom stereocenters. The van der Waals surface area contributed by atoms with E-state index < -0.39 is 0 Å². The third kappa shape index (κ3) is 4.11. The molecule has 1 saturated carbocycles. The van der Waals surface area contributed by atoms with Gasteiger partial charge in [0.2, 0.25) is 11.9 Å². The van der Waals surface area contributed by atoms with Crippen molar-refractivity contribution in [3.8, 4) is 12.1 Å². The molecule has 0 radical (unpaired) electrons. The molecule has 2 fully saturated rings. The smallest absolute Gasteiger partial charge is 0.232 e. The zero-order valence-electron chi connectivity index (χ0n) is 18.1. The van der Waals surface area contributed by atoms with Gasteiger partial charge >= 0.3 is 0 Å². The van der Waals surface area contributed by atoms with Crippen molar-refractivity contribution >= 4 is 40.5 Å². The number of hydrogen-bond acceptors (Lipinski definition) is 9. The van der Waals surface area contributed by atoms with Gasteiger partial charge < -0.3 is 20.9 Å². The van der Waals surface area contributed by atoms with Crippen LogP contribution in [0.2, 0.25) is 5.02 Å². The van der Waals surface area contributed by atoms with Crippen LogP contribution >= 0.6 is 11.6 Å². The first kappa shape index (κ1) is 21.3. The number of nitrogens with one attached hydrogen (secondary N) is 3. The molecule has 33 heavy (non-hydrogen) atoms. The highest BCUT2D eigenvalue weighted by atomic mass is 35.5. The van der Waals surface area contributed by atoms with Crippen LogP contribution in [0.4, 0.5) is 23.3 Å². The van der Waals surface area contributed by atoms with Crippen molar-refractivity contribution < 1.29 is 0 Å². The minimum Gasteiger partial charge on any atom is -0.365 e. The number of halogens is 1. The van der Waals surface area contributed by atoms with Crippen molar-refractivity contribution in [1.82, 2.24) is 24.9 Å². The van der Waals surface area contributed by atoms with Gasteiger partial charge in [-0.1, -0.05) is 18.5 Å². The lowest BCUT2D eigenvalue weighted by atomic mass is 10.1. The Labute approximate surface area is 196 Å². The van der Waals surface area contributed by atoms with Crippen molar-refractivity contribution in [2.24, 2.45) is 0 Å². The third-order valence-electron chi connectivity index (χ3n) is 5.96. The van der Waals surface area contributed by atoms with Gasteiger partial charge in [0.15, 0.2) is 5.65 Å². The fourth-order valence-corrected chi connectivity index (χ4v) is 4.32. The lowest BCUT2D eigenvalue weighted by molar-refractivity contribution is 0.466. The summed E-state index contributed by atoms with van der Waals surface area (Å²) in [4.78, 5) is 11.3. The van der Waals surface area contributed by atoms with E-state index in [0.29, 0.717) is 39.5 Å². The molecule has 11 heteroatoms. The van der Waals surface area contributed by atoms with Crippen molar-refractivity contribution in [2.45, 2.75) is 38.3 Å². The van der Waals surface area contributed by atoms with Crippen molar-refractivity contribution in [1.29, 1.82) is 10.5 Å². The fraction of sp³-hybridized carbons (Fsp3) is 0.409. The molecule has 0 bridgehead atoms. The molecule has 0 unspecified atom stereocenters. The molecule has 1 aliphatic carbocycles. The number of fused-ring (bicyclic) bond motifs is 1. The number of nitriles is 2. The molecule has 0 amide bonds. The Bertz CT molecular complexity index is 1280. The molecule has 1 aliphatic heterocycles. The lowest BCUT2D eigenvalue weighted by Crippen LogP contribution is -2.51. The second-order valence-electron chi connectivity index (χ2n) is 8.25. The molecule has 1 saturated heterocycles. The maximum atomic E-state index is 9.66. The van der Waals surface area contributed by atoms with Crippen molar-refractivity contribution in [3.63, 3.8) is 0 Å². The van der Waals surface area contributed by atoms with E-state index in [1.54, 1.807) is 6.07 Å². The summed E-state index contributed by atoms with van der Waals surface area (Å²) in [6, 6.07) is 8.49. The predicted molar refractivity (Wildman–Crippen MR) is 126 cm³/mol. The second kappa shape index (κ2) is 8.74. The maximum Gasteiger partial charge on any atom is 0.232 e. The number of nitrogens with zero attached hydrogens (tertiary/aromatic N) is 7. The van der Waals surface area contributed by atoms with Gasteiger partial charge in [-0.3, -0.25) is 0 Å². The summed E-state index contributed by atoms with van der Waals surface area (Å²) in [5, 5.41) is 33.8. The minimum absolute atomic E-state index is 0.276. The molecule has 2 aromatic heterocycles. The normalized spacial score (nSPS) is 18.1. The van der Waals surface area contributed by atoms with Crippen LogP contribution in [-0.4, -0.2) is 51.3 Å². The summed E-state index contributed by atoms with van der Waals surface area (Å²) in [7, 11) is 0. The Hall–Kier alpha value is -3.60. The van der Waals surface area contributed by atoms with E-state index in [-0.39, 0.29) is 12.0 Å². The molecule has 3 N–H and O–H groups in total. The molecule has 10 nitrogen and oxygen atoms in total. The fourth-order valence-electron chi connectivity index (χ4n) is 4.05. The number of hydrogen-bond donors (Lipinski definition) is 3. The number of anilines is 4. The van der Waals surface area contributed by atoms with E-state index in [9.17, 15) is 10.5 Å². The van der Waals surface area contributed by atoms with Gasteiger partial charge in [-0.25, -0.2) is 0 Å². The van der Waals surface area contributed by atoms with E-state index in [1.165, 1.54) is 10.7 Å².